The van der Waals surface area contributed by atoms with Gasteiger partial charge in [-0.3, -0.25) is 0 Å². The Bertz CT molecular complexity index is 389. The Morgan fingerprint density at radius 2 is 1.95 bits per heavy atom. The number of nitrogens with one attached hydrogen (secondary N) is 1. The van der Waals surface area contributed by atoms with Gasteiger partial charge in [-0.1, -0.05) is 20.3 Å². The molecule has 1 saturated carbocycles. The fourth-order valence-electron chi connectivity index (χ4n) is 3.59. The highest BCUT2D eigenvalue weighted by Gasteiger charge is 2.43. The van der Waals surface area contributed by atoms with Gasteiger partial charge >= 0.3 is 12.0 Å². The summed E-state index contributed by atoms with van der Waals surface area (Å²) in [6, 6.07) is -0.189. The van der Waals surface area contributed by atoms with E-state index in [4.69, 9.17) is 0 Å². The Kier molecular flexibility index (Phi) is 5.12. The van der Waals surface area contributed by atoms with E-state index >= 15 is 0 Å². The van der Waals surface area contributed by atoms with Crippen molar-refractivity contribution in [2.45, 2.75) is 64.3 Å². The number of rotatable bonds is 4. The third-order valence-electron chi connectivity index (χ3n) is 5.15. The molecule has 1 atom stereocenters. The molecule has 2 aliphatic rings. The van der Waals surface area contributed by atoms with Gasteiger partial charge in [0.1, 0.15) is 5.54 Å². The summed E-state index contributed by atoms with van der Waals surface area (Å²) in [7, 11) is 0. The predicted octanol–water partition coefficient (Wildman–Crippen LogP) is 2.85. The first kappa shape index (κ1) is 16.1. The summed E-state index contributed by atoms with van der Waals surface area (Å²) in [5.41, 5.74) is -1.05. The van der Waals surface area contributed by atoms with Gasteiger partial charge in [0.25, 0.3) is 0 Å². The van der Waals surface area contributed by atoms with E-state index in [9.17, 15) is 14.7 Å². The second-order valence-corrected chi connectivity index (χ2v) is 6.89. The monoisotopic (exact) mass is 296 g/mol. The number of aliphatic carboxylic acids is 1. The SMILES string of the molecule is CCCC1CCN(C(=O)NC2(C(=O)O)CCC(C)CC2)C1. The van der Waals surface area contributed by atoms with Crippen LogP contribution in [0.2, 0.25) is 0 Å². The number of carbonyl (C=O) groups is 2. The summed E-state index contributed by atoms with van der Waals surface area (Å²) in [5.74, 6) is 0.245. The van der Waals surface area contributed by atoms with Crippen molar-refractivity contribution in [2.24, 2.45) is 11.8 Å². The van der Waals surface area contributed by atoms with Crippen LogP contribution in [0.1, 0.15) is 58.8 Å². The normalized spacial score (nSPS) is 33.0. The van der Waals surface area contributed by atoms with Crippen LogP contribution in [0.15, 0.2) is 0 Å². The second kappa shape index (κ2) is 6.67. The van der Waals surface area contributed by atoms with Crippen molar-refractivity contribution in [3.63, 3.8) is 0 Å². The van der Waals surface area contributed by atoms with Crippen LogP contribution in [0.3, 0.4) is 0 Å². The molecular weight excluding hydrogens is 268 g/mol. The Labute approximate surface area is 127 Å². The van der Waals surface area contributed by atoms with Gasteiger partial charge in [-0.15, -0.1) is 0 Å². The molecule has 0 aromatic carbocycles. The fourth-order valence-corrected chi connectivity index (χ4v) is 3.59. The number of amides is 2. The quantitative estimate of drug-likeness (QED) is 0.838. The van der Waals surface area contributed by atoms with Crippen LogP contribution in [0.5, 0.6) is 0 Å². The zero-order valence-electron chi connectivity index (χ0n) is 13.2. The lowest BCUT2D eigenvalue weighted by atomic mass is 9.77. The van der Waals surface area contributed by atoms with Gasteiger partial charge in [-0.2, -0.15) is 0 Å². The van der Waals surface area contributed by atoms with E-state index in [2.05, 4.69) is 19.2 Å². The van der Waals surface area contributed by atoms with Crippen molar-refractivity contribution in [1.29, 1.82) is 0 Å². The Morgan fingerprint density at radius 3 is 2.52 bits per heavy atom. The molecule has 2 rings (SSSR count). The lowest BCUT2D eigenvalue weighted by molar-refractivity contribution is -0.146. The van der Waals surface area contributed by atoms with Gasteiger partial charge in [0.05, 0.1) is 0 Å². The number of likely N-dealkylation sites (tertiary alicyclic amines) is 1. The molecule has 1 unspecified atom stereocenters. The van der Waals surface area contributed by atoms with E-state index in [0.29, 0.717) is 24.7 Å². The van der Waals surface area contributed by atoms with Gasteiger partial charge in [0.2, 0.25) is 0 Å². The highest BCUT2D eigenvalue weighted by molar-refractivity contribution is 5.86. The van der Waals surface area contributed by atoms with Gasteiger partial charge in [-0.05, 0) is 50.4 Å². The topological polar surface area (TPSA) is 69.6 Å². The lowest BCUT2D eigenvalue weighted by Gasteiger charge is -2.37. The summed E-state index contributed by atoms with van der Waals surface area (Å²) >= 11 is 0. The van der Waals surface area contributed by atoms with E-state index in [1.165, 1.54) is 0 Å². The van der Waals surface area contributed by atoms with Gasteiger partial charge < -0.3 is 15.3 Å². The summed E-state index contributed by atoms with van der Waals surface area (Å²) in [5, 5.41) is 12.4. The van der Waals surface area contributed by atoms with Crippen molar-refractivity contribution < 1.29 is 14.7 Å². The molecule has 0 aromatic heterocycles. The van der Waals surface area contributed by atoms with Crippen molar-refractivity contribution in [3.05, 3.63) is 0 Å². The Hall–Kier alpha value is -1.26. The molecule has 1 aliphatic carbocycles. The summed E-state index contributed by atoms with van der Waals surface area (Å²) in [6.45, 7) is 5.82. The van der Waals surface area contributed by atoms with Crippen LogP contribution < -0.4 is 5.32 Å². The molecule has 1 heterocycles. The van der Waals surface area contributed by atoms with Crippen molar-refractivity contribution in [2.75, 3.05) is 13.1 Å². The minimum atomic E-state index is -1.05. The molecule has 2 N–H and O–H groups in total. The summed E-state index contributed by atoms with van der Waals surface area (Å²) < 4.78 is 0. The van der Waals surface area contributed by atoms with Crippen LogP contribution in [0.4, 0.5) is 4.79 Å². The van der Waals surface area contributed by atoms with Gasteiger partial charge in [0, 0.05) is 13.1 Å². The number of urea groups is 1. The zero-order valence-corrected chi connectivity index (χ0v) is 13.2. The molecule has 5 heteroatoms. The maximum atomic E-state index is 12.4. The van der Waals surface area contributed by atoms with Gasteiger partial charge in [-0.25, -0.2) is 9.59 Å². The maximum Gasteiger partial charge on any atom is 0.329 e. The molecule has 120 valence electrons. The molecule has 1 aliphatic heterocycles. The number of carboxylic acids is 1. The third kappa shape index (κ3) is 3.69. The second-order valence-electron chi connectivity index (χ2n) is 6.89. The molecule has 21 heavy (non-hydrogen) atoms. The van der Waals surface area contributed by atoms with Crippen LogP contribution >= 0.6 is 0 Å². The van der Waals surface area contributed by atoms with Crippen molar-refractivity contribution in [1.82, 2.24) is 10.2 Å². The van der Waals surface area contributed by atoms with E-state index in [1.807, 2.05) is 0 Å². The largest absolute Gasteiger partial charge is 0.480 e. The predicted molar refractivity (Wildman–Crippen MR) is 81.1 cm³/mol. The molecule has 0 radical (unpaired) electrons. The Balaban J connectivity index is 1.95. The van der Waals surface area contributed by atoms with Crippen LogP contribution in [-0.2, 0) is 4.79 Å². The molecule has 1 saturated heterocycles. The average Bonchev–Trinajstić information content (AvgIpc) is 2.90. The van der Waals surface area contributed by atoms with Gasteiger partial charge in [0.15, 0.2) is 0 Å². The molecular formula is C16H28N2O3. The number of nitrogens with zero attached hydrogens (tertiary/aromatic N) is 1. The van der Waals surface area contributed by atoms with E-state index in [-0.39, 0.29) is 6.03 Å². The minimum Gasteiger partial charge on any atom is -0.480 e. The highest BCUT2D eigenvalue weighted by Crippen LogP contribution is 2.32. The van der Waals surface area contributed by atoms with E-state index in [0.717, 1.165) is 45.2 Å². The van der Waals surface area contributed by atoms with E-state index in [1.54, 1.807) is 4.90 Å². The number of hydrogen-bond acceptors (Lipinski definition) is 2. The van der Waals surface area contributed by atoms with Crippen molar-refractivity contribution in [3.8, 4) is 0 Å². The first-order valence-corrected chi connectivity index (χ1v) is 8.27. The molecule has 2 fully saturated rings. The molecule has 0 aromatic rings. The first-order valence-electron chi connectivity index (χ1n) is 8.27. The molecule has 5 nitrogen and oxygen atoms in total. The summed E-state index contributed by atoms with van der Waals surface area (Å²) in [4.78, 5) is 25.9. The number of hydrogen-bond donors (Lipinski definition) is 2. The first-order chi connectivity index (χ1) is 9.97. The number of carboxylic acid groups (broad SMARTS) is 1. The van der Waals surface area contributed by atoms with Crippen LogP contribution in [-0.4, -0.2) is 40.6 Å². The summed E-state index contributed by atoms with van der Waals surface area (Å²) in [6.07, 6.45) is 6.14. The third-order valence-corrected chi connectivity index (χ3v) is 5.15. The maximum absolute atomic E-state index is 12.4. The Morgan fingerprint density at radius 1 is 1.29 bits per heavy atom. The smallest absolute Gasteiger partial charge is 0.329 e. The molecule has 2 amide bonds. The van der Waals surface area contributed by atoms with Crippen molar-refractivity contribution >= 4 is 12.0 Å². The molecule has 0 bridgehead atoms. The molecule has 0 spiro atoms. The van der Waals surface area contributed by atoms with Crippen LogP contribution in [0, 0.1) is 11.8 Å². The minimum absolute atomic E-state index is 0.189. The number of carbonyl (C=O) groups excluding carboxylic acids is 1. The zero-order chi connectivity index (χ0) is 15.5. The average molecular weight is 296 g/mol. The highest BCUT2D eigenvalue weighted by atomic mass is 16.4. The fraction of sp³-hybridized carbons (Fsp3) is 0.875. The standard InChI is InChI=1S/C16H28N2O3/c1-3-4-13-7-10-18(11-13)15(21)17-16(14(19)20)8-5-12(2)6-9-16/h12-13H,3-11H2,1-2H3,(H,17,21)(H,19,20). The van der Waals surface area contributed by atoms with Crippen LogP contribution in [0.25, 0.3) is 0 Å². The lowest BCUT2D eigenvalue weighted by Crippen LogP contribution is -2.59. The van der Waals surface area contributed by atoms with E-state index < -0.39 is 11.5 Å².